The quantitative estimate of drug-likeness (QED) is 0.164. The van der Waals surface area contributed by atoms with E-state index in [-0.39, 0.29) is 5.97 Å². The molecule has 156 valence electrons. The van der Waals surface area contributed by atoms with E-state index in [1.807, 2.05) is 0 Å². The predicted molar refractivity (Wildman–Crippen MR) is 106 cm³/mol. The van der Waals surface area contributed by atoms with E-state index in [1.54, 1.807) is 0 Å². The largest absolute Gasteiger partial charge is 0.469 e. The summed E-state index contributed by atoms with van der Waals surface area (Å²) in [6.45, 7) is 2.27. The Kier molecular flexibility index (Phi) is 21.4. The van der Waals surface area contributed by atoms with E-state index >= 15 is 0 Å². The molecule has 0 spiro atoms. The maximum Gasteiger partial charge on any atom is 0.394 e. The lowest BCUT2D eigenvalue weighted by molar-refractivity contribution is -0.140. The van der Waals surface area contributed by atoms with Crippen LogP contribution in [0.4, 0.5) is 0 Å². The van der Waals surface area contributed by atoms with Gasteiger partial charge in [-0.05, 0) is 32.1 Å². The minimum atomic E-state index is -4.67. The van der Waals surface area contributed by atoms with Crippen LogP contribution in [0.25, 0.3) is 0 Å². The molecular formula is C19H38O6S. The summed E-state index contributed by atoms with van der Waals surface area (Å²) < 4.78 is 36.2. The lowest BCUT2D eigenvalue weighted by Crippen LogP contribution is -1.98. The number of unbranched alkanes of at least 4 members (excludes halogenated alkanes) is 11. The molecule has 0 radical (unpaired) electrons. The average molecular weight is 395 g/mol. The Bertz CT molecular complexity index is 423. The second-order valence-corrected chi connectivity index (χ2v) is 7.25. The summed E-state index contributed by atoms with van der Waals surface area (Å²) in [5, 5.41) is 0. The highest BCUT2D eigenvalue weighted by atomic mass is 32.3. The minimum absolute atomic E-state index is 0.0763. The zero-order valence-electron chi connectivity index (χ0n) is 16.5. The van der Waals surface area contributed by atoms with Gasteiger partial charge in [-0.1, -0.05) is 70.4 Å². The molecule has 0 atom stereocenters. The molecule has 0 unspecified atom stereocenters. The van der Waals surface area contributed by atoms with Gasteiger partial charge >= 0.3 is 16.4 Å². The van der Waals surface area contributed by atoms with E-state index in [0.717, 1.165) is 12.8 Å². The van der Waals surface area contributed by atoms with Crippen molar-refractivity contribution in [3.05, 3.63) is 12.2 Å². The summed E-state index contributed by atoms with van der Waals surface area (Å²) >= 11 is 0. The van der Waals surface area contributed by atoms with Gasteiger partial charge in [0.15, 0.2) is 0 Å². The normalized spacial score (nSPS) is 11.2. The summed E-state index contributed by atoms with van der Waals surface area (Å²) in [7, 11) is -3.21. The molecule has 2 N–H and O–H groups in total. The molecule has 0 aromatic heterocycles. The molecule has 6 nitrogen and oxygen atoms in total. The first-order valence-corrected chi connectivity index (χ1v) is 11.1. The Balaban J connectivity index is 0. The average Bonchev–Trinajstić information content (AvgIpc) is 2.56. The van der Waals surface area contributed by atoms with Crippen LogP contribution in [-0.4, -0.2) is 30.6 Å². The fourth-order valence-corrected chi connectivity index (χ4v) is 2.44. The number of esters is 1. The van der Waals surface area contributed by atoms with Gasteiger partial charge in [0.2, 0.25) is 0 Å². The maximum atomic E-state index is 10.9. The summed E-state index contributed by atoms with van der Waals surface area (Å²) in [5.41, 5.74) is 0. The summed E-state index contributed by atoms with van der Waals surface area (Å²) in [6, 6.07) is 0. The smallest absolute Gasteiger partial charge is 0.394 e. The van der Waals surface area contributed by atoms with Crippen molar-refractivity contribution in [2.24, 2.45) is 0 Å². The molecule has 0 aromatic carbocycles. The van der Waals surface area contributed by atoms with Crippen molar-refractivity contribution in [3.8, 4) is 0 Å². The molecule has 0 saturated heterocycles. The second kappa shape index (κ2) is 20.4. The first kappa shape index (κ1) is 27.3. The Hall–Kier alpha value is -0.920. The highest BCUT2D eigenvalue weighted by molar-refractivity contribution is 7.79. The van der Waals surface area contributed by atoms with Crippen LogP contribution in [0.1, 0.15) is 96.8 Å². The van der Waals surface area contributed by atoms with Gasteiger partial charge in [-0.2, -0.15) is 8.42 Å². The topological polar surface area (TPSA) is 101 Å². The van der Waals surface area contributed by atoms with E-state index in [9.17, 15) is 4.79 Å². The monoisotopic (exact) mass is 394 g/mol. The molecular weight excluding hydrogens is 356 g/mol. The van der Waals surface area contributed by atoms with Gasteiger partial charge in [0.1, 0.15) is 0 Å². The first-order chi connectivity index (χ1) is 12.3. The Morgan fingerprint density at radius 3 is 1.62 bits per heavy atom. The van der Waals surface area contributed by atoms with Gasteiger partial charge in [0.05, 0.1) is 7.11 Å². The van der Waals surface area contributed by atoms with Crippen LogP contribution in [0.2, 0.25) is 0 Å². The van der Waals surface area contributed by atoms with Gasteiger partial charge in [0.25, 0.3) is 0 Å². The Labute approximate surface area is 160 Å². The van der Waals surface area contributed by atoms with Gasteiger partial charge in [-0.25, -0.2) is 0 Å². The Morgan fingerprint density at radius 1 is 0.808 bits per heavy atom. The van der Waals surface area contributed by atoms with Gasteiger partial charge in [-0.3, -0.25) is 13.9 Å². The SMILES string of the molecule is CCCCCCCCC=CCCCCCCCC(=O)OC.O=S(=O)(O)O. The van der Waals surface area contributed by atoms with Crippen molar-refractivity contribution in [2.45, 2.75) is 96.8 Å². The zero-order chi connectivity index (χ0) is 20.1. The summed E-state index contributed by atoms with van der Waals surface area (Å²) in [5.74, 6) is -0.0763. The fourth-order valence-electron chi connectivity index (χ4n) is 2.44. The molecule has 0 aliphatic rings. The third-order valence-electron chi connectivity index (χ3n) is 3.87. The van der Waals surface area contributed by atoms with Gasteiger partial charge < -0.3 is 4.74 Å². The van der Waals surface area contributed by atoms with Crippen LogP contribution in [0, 0.1) is 0 Å². The maximum absolute atomic E-state index is 10.9. The Morgan fingerprint density at radius 2 is 1.19 bits per heavy atom. The molecule has 0 bridgehead atoms. The van der Waals surface area contributed by atoms with Crippen molar-refractivity contribution >= 4 is 16.4 Å². The van der Waals surface area contributed by atoms with E-state index < -0.39 is 10.4 Å². The molecule has 26 heavy (non-hydrogen) atoms. The molecule has 0 aromatic rings. The van der Waals surface area contributed by atoms with E-state index in [2.05, 4.69) is 23.8 Å². The van der Waals surface area contributed by atoms with Crippen LogP contribution in [0.3, 0.4) is 0 Å². The number of hydrogen-bond acceptors (Lipinski definition) is 4. The van der Waals surface area contributed by atoms with Crippen molar-refractivity contribution in [3.63, 3.8) is 0 Å². The fraction of sp³-hybridized carbons (Fsp3) is 0.842. The van der Waals surface area contributed by atoms with Crippen LogP contribution in [-0.2, 0) is 19.9 Å². The number of allylic oxidation sites excluding steroid dienone is 2. The molecule has 0 aliphatic carbocycles. The molecule has 7 heteroatoms. The standard InChI is InChI=1S/C19H36O2.H2O4S/c1-3-4-5-6-7-8-9-10-11-12-13-14-15-16-17-18-19(20)21-2;1-5(2,3)4/h10-11H,3-9,12-18H2,1-2H3;(H2,1,2,3,4). The van der Waals surface area contributed by atoms with Crippen LogP contribution in [0.5, 0.6) is 0 Å². The van der Waals surface area contributed by atoms with E-state index in [0.29, 0.717) is 6.42 Å². The van der Waals surface area contributed by atoms with Gasteiger partial charge in [-0.15, -0.1) is 0 Å². The van der Waals surface area contributed by atoms with Crippen LogP contribution in [0.15, 0.2) is 12.2 Å². The first-order valence-electron chi connectivity index (χ1n) is 9.73. The number of rotatable bonds is 15. The van der Waals surface area contributed by atoms with Crippen LogP contribution < -0.4 is 0 Å². The minimum Gasteiger partial charge on any atom is -0.469 e. The number of methoxy groups -OCH3 is 1. The zero-order valence-corrected chi connectivity index (χ0v) is 17.3. The molecule has 0 rings (SSSR count). The summed E-state index contributed by atoms with van der Waals surface area (Å²) in [6.07, 6.45) is 22.0. The molecule has 0 fully saturated rings. The number of carbonyl (C=O) groups excluding carboxylic acids is 1. The third kappa shape index (κ3) is 34.4. The molecule has 0 saturated carbocycles. The van der Waals surface area contributed by atoms with Gasteiger partial charge in [0, 0.05) is 6.42 Å². The molecule has 0 aliphatic heterocycles. The number of ether oxygens (including phenoxy) is 1. The third-order valence-corrected chi connectivity index (χ3v) is 3.87. The van der Waals surface area contributed by atoms with Crippen molar-refractivity contribution in [1.29, 1.82) is 0 Å². The van der Waals surface area contributed by atoms with Crippen molar-refractivity contribution < 1.29 is 27.1 Å². The van der Waals surface area contributed by atoms with Crippen molar-refractivity contribution in [1.82, 2.24) is 0 Å². The number of carbonyl (C=O) groups is 1. The summed E-state index contributed by atoms with van der Waals surface area (Å²) in [4.78, 5) is 10.9. The predicted octanol–water partition coefficient (Wildman–Crippen LogP) is 5.54. The lowest BCUT2D eigenvalue weighted by atomic mass is 10.1. The molecule has 0 amide bonds. The van der Waals surface area contributed by atoms with E-state index in [4.69, 9.17) is 17.5 Å². The highest BCUT2D eigenvalue weighted by Crippen LogP contribution is 2.10. The van der Waals surface area contributed by atoms with Crippen LogP contribution >= 0.6 is 0 Å². The molecule has 0 heterocycles. The van der Waals surface area contributed by atoms with E-state index in [1.165, 1.54) is 77.7 Å². The van der Waals surface area contributed by atoms with Crippen molar-refractivity contribution in [2.75, 3.05) is 7.11 Å². The number of hydrogen-bond donors (Lipinski definition) is 2. The second-order valence-electron chi connectivity index (χ2n) is 6.36. The lowest BCUT2D eigenvalue weighted by Gasteiger charge is -2.00. The highest BCUT2D eigenvalue weighted by Gasteiger charge is 1.98.